The van der Waals surface area contributed by atoms with Crippen LogP contribution in [0.5, 0.6) is 0 Å². The predicted octanol–water partition coefficient (Wildman–Crippen LogP) is 5.04. The van der Waals surface area contributed by atoms with Crippen LogP contribution in [0.15, 0.2) is 24.3 Å². The molecule has 1 aromatic heterocycles. The molecule has 0 aliphatic carbocycles. The summed E-state index contributed by atoms with van der Waals surface area (Å²) in [5.74, 6) is -0.418. The van der Waals surface area contributed by atoms with Gasteiger partial charge in [-0.05, 0) is 42.4 Å². The highest BCUT2D eigenvalue weighted by Gasteiger charge is 2.37. The Morgan fingerprint density at radius 2 is 1.88 bits per heavy atom. The van der Waals surface area contributed by atoms with Crippen molar-refractivity contribution in [2.75, 3.05) is 5.73 Å². The third-order valence-electron chi connectivity index (χ3n) is 4.48. The van der Waals surface area contributed by atoms with Crippen molar-refractivity contribution in [2.45, 2.75) is 45.5 Å². The molecule has 0 amide bonds. The number of rotatable bonds is 4. The molecule has 0 radical (unpaired) electrons. The van der Waals surface area contributed by atoms with Gasteiger partial charge in [-0.2, -0.15) is 5.10 Å². The molecule has 2 N–H and O–H groups in total. The van der Waals surface area contributed by atoms with Crippen molar-refractivity contribution in [3.63, 3.8) is 0 Å². The average Bonchev–Trinajstić information content (AvgIpc) is 2.47. The Morgan fingerprint density at radius 1 is 1.21 bits per heavy atom. The van der Waals surface area contributed by atoms with Gasteiger partial charge >= 0.3 is 0 Å². The fourth-order valence-electron chi connectivity index (χ4n) is 1.83. The van der Waals surface area contributed by atoms with Gasteiger partial charge in [0.25, 0.3) is 0 Å². The van der Waals surface area contributed by atoms with Gasteiger partial charge in [-0.15, -0.1) is 5.10 Å². The second-order valence-electron chi connectivity index (χ2n) is 7.30. The molecule has 0 atom stereocenters. The topological polar surface area (TPSA) is 61.0 Å². The molecule has 4 nitrogen and oxygen atoms in total. The summed E-state index contributed by atoms with van der Waals surface area (Å²) < 4.78 is 20.0. The third kappa shape index (κ3) is 4.12. The minimum absolute atomic E-state index is 0.0963. The number of halogens is 2. The van der Waals surface area contributed by atoms with Gasteiger partial charge in [0, 0.05) is 10.6 Å². The Kier molecular flexibility index (Phi) is 5.32. The quantitative estimate of drug-likeness (QED) is 0.769. The Hall–Kier alpha value is -1.50. The van der Waals surface area contributed by atoms with Crippen molar-refractivity contribution in [2.24, 2.45) is 0 Å². The molecule has 0 unspecified atom stereocenters. The number of nitrogens with zero attached hydrogens (tertiary/aromatic N) is 2. The van der Waals surface area contributed by atoms with Crippen LogP contribution in [0.3, 0.4) is 0 Å². The lowest BCUT2D eigenvalue weighted by Crippen LogP contribution is -2.40. The van der Waals surface area contributed by atoms with Crippen LogP contribution in [0.25, 0.3) is 11.3 Å². The van der Waals surface area contributed by atoms with Crippen molar-refractivity contribution in [1.82, 2.24) is 10.2 Å². The monoisotopic (exact) mass is 367 g/mol. The number of aromatic nitrogens is 2. The molecule has 0 aliphatic heterocycles. The molecule has 0 bridgehead atoms. The Balaban J connectivity index is 2.23. The van der Waals surface area contributed by atoms with Gasteiger partial charge in [0.2, 0.25) is 0 Å². The second kappa shape index (κ2) is 6.78. The average molecular weight is 368 g/mol. The number of nitrogen functional groups attached to an aromatic ring is 1. The first-order valence-electron chi connectivity index (χ1n) is 7.73. The summed E-state index contributed by atoms with van der Waals surface area (Å²) in [7, 11) is -1.91. The highest BCUT2D eigenvalue weighted by molar-refractivity contribution is 6.74. The van der Waals surface area contributed by atoms with E-state index < -0.39 is 14.1 Å². The highest BCUT2D eigenvalue weighted by atomic mass is 35.5. The molecule has 130 valence electrons. The number of hydrogen-bond donors (Lipinski definition) is 1. The summed E-state index contributed by atoms with van der Waals surface area (Å²) in [6.45, 7) is 11.1. The van der Waals surface area contributed by atoms with E-state index >= 15 is 0 Å². The van der Waals surface area contributed by atoms with Crippen molar-refractivity contribution in [3.05, 3.63) is 40.8 Å². The molecule has 2 rings (SSSR count). The zero-order valence-corrected chi connectivity index (χ0v) is 16.4. The first-order chi connectivity index (χ1) is 11.0. The summed E-state index contributed by atoms with van der Waals surface area (Å²) in [4.78, 5) is 0. The lowest BCUT2D eigenvalue weighted by atomic mass is 10.1. The van der Waals surface area contributed by atoms with Crippen LogP contribution < -0.4 is 5.73 Å². The summed E-state index contributed by atoms with van der Waals surface area (Å²) in [5, 5.41) is 8.73. The van der Waals surface area contributed by atoms with Crippen LogP contribution >= 0.6 is 11.6 Å². The van der Waals surface area contributed by atoms with Crippen molar-refractivity contribution < 1.29 is 8.82 Å². The molecule has 1 heterocycles. The van der Waals surface area contributed by atoms with E-state index in [1.54, 1.807) is 6.07 Å². The van der Waals surface area contributed by atoms with Crippen molar-refractivity contribution in [3.8, 4) is 11.3 Å². The van der Waals surface area contributed by atoms with Crippen LogP contribution in [-0.4, -0.2) is 18.5 Å². The van der Waals surface area contributed by atoms with Crippen LogP contribution in [-0.2, 0) is 11.0 Å². The van der Waals surface area contributed by atoms with Gasteiger partial charge in [-0.25, -0.2) is 4.39 Å². The molecule has 0 aliphatic rings. The van der Waals surface area contributed by atoms with E-state index in [0.717, 1.165) is 0 Å². The van der Waals surface area contributed by atoms with E-state index in [9.17, 15) is 4.39 Å². The number of nitrogens with two attached hydrogens (primary N) is 1. The molecule has 24 heavy (non-hydrogen) atoms. The van der Waals surface area contributed by atoms with Gasteiger partial charge in [-0.3, -0.25) is 0 Å². The molecule has 7 heteroatoms. The van der Waals surface area contributed by atoms with E-state index in [2.05, 4.69) is 44.1 Å². The number of benzene rings is 1. The van der Waals surface area contributed by atoms with Gasteiger partial charge in [-0.1, -0.05) is 32.4 Å². The maximum atomic E-state index is 13.9. The largest absolute Gasteiger partial charge is 0.411 e. The first kappa shape index (κ1) is 18.8. The van der Waals surface area contributed by atoms with Crippen LogP contribution in [0.4, 0.5) is 10.1 Å². The lowest BCUT2D eigenvalue weighted by molar-refractivity contribution is 0.271. The van der Waals surface area contributed by atoms with E-state index in [4.69, 9.17) is 21.8 Å². The fraction of sp³-hybridized carbons (Fsp3) is 0.412. The highest BCUT2D eigenvalue weighted by Crippen LogP contribution is 2.37. The molecule has 0 spiro atoms. The molecule has 0 fully saturated rings. The normalized spacial score (nSPS) is 12.5. The molecule has 2 aromatic rings. The van der Waals surface area contributed by atoms with Gasteiger partial charge < -0.3 is 10.2 Å². The maximum absolute atomic E-state index is 13.9. The van der Waals surface area contributed by atoms with Crippen LogP contribution in [0.1, 0.15) is 26.5 Å². The SMILES string of the molecule is CC(C)(C)[Si](C)(C)OCc1nnc(-c2cc(Cl)ccc2F)cc1N. The molecule has 0 saturated heterocycles. The Morgan fingerprint density at radius 3 is 2.46 bits per heavy atom. The number of hydrogen-bond acceptors (Lipinski definition) is 4. The Labute approximate surface area is 148 Å². The molecular weight excluding hydrogens is 345 g/mol. The van der Waals surface area contributed by atoms with E-state index in [-0.39, 0.29) is 10.6 Å². The third-order valence-corrected chi connectivity index (χ3v) is 9.20. The zero-order valence-electron chi connectivity index (χ0n) is 14.7. The van der Waals surface area contributed by atoms with Crippen molar-refractivity contribution in [1.29, 1.82) is 0 Å². The second-order valence-corrected chi connectivity index (χ2v) is 12.6. The Bertz CT molecular complexity index is 747. The minimum atomic E-state index is -1.91. The van der Waals surface area contributed by atoms with Gasteiger partial charge in [0.15, 0.2) is 8.32 Å². The van der Waals surface area contributed by atoms with Crippen LogP contribution in [0, 0.1) is 5.82 Å². The van der Waals surface area contributed by atoms with Gasteiger partial charge in [0.1, 0.15) is 11.5 Å². The maximum Gasteiger partial charge on any atom is 0.192 e. The van der Waals surface area contributed by atoms with Crippen LogP contribution in [0.2, 0.25) is 23.2 Å². The van der Waals surface area contributed by atoms with Crippen molar-refractivity contribution >= 4 is 25.6 Å². The van der Waals surface area contributed by atoms with Gasteiger partial charge in [0.05, 0.1) is 18.0 Å². The summed E-state index contributed by atoms with van der Waals surface area (Å²) in [5.41, 5.74) is 7.68. The smallest absolute Gasteiger partial charge is 0.192 e. The fourth-order valence-corrected chi connectivity index (χ4v) is 2.94. The van der Waals surface area contributed by atoms with E-state index in [1.807, 2.05) is 0 Å². The lowest BCUT2D eigenvalue weighted by Gasteiger charge is -2.36. The molecule has 0 saturated carbocycles. The molecular formula is C17H23ClFN3OSi. The van der Waals surface area contributed by atoms with E-state index in [1.165, 1.54) is 18.2 Å². The standard InChI is InChI=1S/C17H23ClFN3OSi/c1-17(2,3)24(4,5)23-10-16-14(20)9-15(21-22-16)12-8-11(18)6-7-13(12)19/h6-9H,10H2,1-5H3,(H2,20,21). The summed E-state index contributed by atoms with van der Waals surface area (Å²) in [6.07, 6.45) is 0. The first-order valence-corrected chi connectivity index (χ1v) is 11.0. The summed E-state index contributed by atoms with van der Waals surface area (Å²) in [6, 6.07) is 5.89. The van der Waals surface area contributed by atoms with E-state index in [0.29, 0.717) is 28.7 Å². The zero-order chi connectivity index (χ0) is 18.1. The predicted molar refractivity (Wildman–Crippen MR) is 98.8 cm³/mol. The molecule has 1 aromatic carbocycles. The number of anilines is 1. The minimum Gasteiger partial charge on any atom is -0.411 e. The summed E-state index contributed by atoms with van der Waals surface area (Å²) >= 11 is 5.92.